The Labute approximate surface area is 154 Å². The van der Waals surface area contributed by atoms with Crippen molar-refractivity contribution in [2.45, 2.75) is 65.7 Å². The monoisotopic (exact) mass is 332 g/mol. The second-order valence-electron chi connectivity index (χ2n) is 8.65. The van der Waals surface area contributed by atoms with E-state index in [0.717, 1.165) is 6.42 Å². The van der Waals surface area contributed by atoms with Gasteiger partial charge in [-0.2, -0.15) is 0 Å². The van der Waals surface area contributed by atoms with Crippen LogP contribution in [-0.4, -0.2) is 0 Å². The zero-order valence-electron chi connectivity index (χ0n) is 16.5. The minimum absolute atomic E-state index is 0.207. The van der Waals surface area contributed by atoms with Gasteiger partial charge in [0.2, 0.25) is 0 Å². The van der Waals surface area contributed by atoms with E-state index in [-0.39, 0.29) is 5.41 Å². The van der Waals surface area contributed by atoms with Crippen molar-refractivity contribution in [1.29, 1.82) is 0 Å². The Bertz CT molecular complexity index is 754. The van der Waals surface area contributed by atoms with Gasteiger partial charge in [0.05, 0.1) is 0 Å². The Balaban J connectivity index is 1.91. The molecule has 0 aromatic heterocycles. The van der Waals surface area contributed by atoms with Crippen LogP contribution in [0.4, 0.5) is 0 Å². The summed E-state index contributed by atoms with van der Waals surface area (Å²) in [7, 11) is 0. The fourth-order valence-electron chi connectivity index (χ4n) is 3.81. The van der Waals surface area contributed by atoms with Crippen molar-refractivity contribution in [2.75, 3.05) is 0 Å². The summed E-state index contributed by atoms with van der Waals surface area (Å²) in [5, 5.41) is 0. The molecule has 3 rings (SSSR count). The fourth-order valence-corrected chi connectivity index (χ4v) is 3.81. The number of benzene rings is 2. The Morgan fingerprint density at radius 2 is 1.72 bits per heavy atom. The average Bonchev–Trinajstić information content (AvgIpc) is 3.03. The SMILES string of the molecule is CCCCC(C)C1=Cc2c(cccc2-c2ccc(C(C)(C)C)cc2)C1. The van der Waals surface area contributed by atoms with Crippen LogP contribution < -0.4 is 0 Å². The van der Waals surface area contributed by atoms with Gasteiger partial charge in [0.1, 0.15) is 0 Å². The van der Waals surface area contributed by atoms with Crippen LogP contribution in [0.2, 0.25) is 0 Å². The average molecular weight is 333 g/mol. The first-order valence-corrected chi connectivity index (χ1v) is 9.83. The first-order valence-electron chi connectivity index (χ1n) is 9.83. The number of rotatable bonds is 5. The summed E-state index contributed by atoms with van der Waals surface area (Å²) in [6, 6.07) is 16.0. The summed E-state index contributed by atoms with van der Waals surface area (Å²) in [6.45, 7) is 11.5. The van der Waals surface area contributed by atoms with Crippen LogP contribution in [0.1, 0.15) is 70.6 Å². The van der Waals surface area contributed by atoms with Crippen LogP contribution in [0.5, 0.6) is 0 Å². The summed E-state index contributed by atoms with van der Waals surface area (Å²) in [5.41, 5.74) is 8.88. The van der Waals surface area contributed by atoms with Gasteiger partial charge in [0.15, 0.2) is 0 Å². The van der Waals surface area contributed by atoms with E-state index in [1.807, 2.05) is 0 Å². The quantitative estimate of drug-likeness (QED) is 0.534. The van der Waals surface area contributed by atoms with E-state index in [1.165, 1.54) is 47.1 Å². The molecule has 0 heterocycles. The fraction of sp³-hybridized carbons (Fsp3) is 0.440. The van der Waals surface area contributed by atoms with Gasteiger partial charge in [0, 0.05) is 0 Å². The van der Waals surface area contributed by atoms with Crippen molar-refractivity contribution >= 4 is 6.08 Å². The van der Waals surface area contributed by atoms with Gasteiger partial charge in [-0.15, -0.1) is 0 Å². The Morgan fingerprint density at radius 1 is 1.00 bits per heavy atom. The number of allylic oxidation sites excluding steroid dienone is 1. The number of hydrogen-bond donors (Lipinski definition) is 0. The van der Waals surface area contributed by atoms with Gasteiger partial charge >= 0.3 is 0 Å². The van der Waals surface area contributed by atoms with Crippen molar-refractivity contribution in [3.05, 3.63) is 64.7 Å². The first-order chi connectivity index (χ1) is 11.9. The smallest absolute Gasteiger partial charge is 0.00549 e. The van der Waals surface area contributed by atoms with Crippen molar-refractivity contribution < 1.29 is 0 Å². The minimum Gasteiger partial charge on any atom is -0.0654 e. The maximum absolute atomic E-state index is 2.47. The number of fused-ring (bicyclic) bond motifs is 1. The highest BCUT2D eigenvalue weighted by molar-refractivity contribution is 5.81. The highest BCUT2D eigenvalue weighted by Gasteiger charge is 2.20. The summed E-state index contributed by atoms with van der Waals surface area (Å²) < 4.78 is 0. The minimum atomic E-state index is 0.207. The van der Waals surface area contributed by atoms with Gasteiger partial charge in [-0.3, -0.25) is 0 Å². The molecule has 0 amide bonds. The summed E-state index contributed by atoms with van der Waals surface area (Å²) >= 11 is 0. The molecule has 1 unspecified atom stereocenters. The van der Waals surface area contributed by atoms with Crippen molar-refractivity contribution in [1.82, 2.24) is 0 Å². The molecule has 132 valence electrons. The third-order valence-electron chi connectivity index (χ3n) is 5.61. The van der Waals surface area contributed by atoms with E-state index in [4.69, 9.17) is 0 Å². The third kappa shape index (κ3) is 3.89. The molecule has 0 nitrogen and oxygen atoms in total. The van der Waals surface area contributed by atoms with E-state index in [1.54, 1.807) is 5.57 Å². The first kappa shape index (κ1) is 18.0. The van der Waals surface area contributed by atoms with Crippen LogP contribution >= 0.6 is 0 Å². The van der Waals surface area contributed by atoms with Crippen LogP contribution in [0.3, 0.4) is 0 Å². The van der Waals surface area contributed by atoms with Crippen molar-refractivity contribution in [2.24, 2.45) is 5.92 Å². The molecule has 0 N–H and O–H groups in total. The molecule has 0 fully saturated rings. The molecule has 1 atom stereocenters. The van der Waals surface area contributed by atoms with Crippen molar-refractivity contribution in [3.63, 3.8) is 0 Å². The van der Waals surface area contributed by atoms with Crippen LogP contribution in [0, 0.1) is 5.92 Å². The Morgan fingerprint density at radius 3 is 2.36 bits per heavy atom. The molecule has 0 saturated carbocycles. The highest BCUT2D eigenvalue weighted by Crippen LogP contribution is 2.37. The standard InChI is InChI=1S/C25H32/c1-6-7-9-18(2)21-16-20-10-8-11-23(24(20)17-21)19-12-14-22(15-13-19)25(3,4)5/h8,10-15,17-18H,6-7,9,16H2,1-5H3. The molecular formula is C25H32. The molecule has 25 heavy (non-hydrogen) atoms. The summed E-state index contributed by atoms with van der Waals surface area (Å²) in [5.74, 6) is 0.698. The highest BCUT2D eigenvalue weighted by atomic mass is 14.2. The van der Waals surface area contributed by atoms with E-state index < -0.39 is 0 Å². The molecule has 0 aliphatic heterocycles. The zero-order chi connectivity index (χ0) is 18.0. The molecular weight excluding hydrogens is 300 g/mol. The number of unbranched alkanes of at least 4 members (excludes halogenated alkanes) is 1. The van der Waals surface area contributed by atoms with E-state index in [9.17, 15) is 0 Å². The van der Waals surface area contributed by atoms with Gasteiger partial charge in [-0.05, 0) is 52.0 Å². The van der Waals surface area contributed by atoms with Gasteiger partial charge in [-0.25, -0.2) is 0 Å². The largest absolute Gasteiger partial charge is 0.0654 e. The maximum atomic E-state index is 2.47. The normalized spacial score (nSPS) is 15.0. The number of hydrogen-bond acceptors (Lipinski definition) is 0. The lowest BCUT2D eigenvalue weighted by Crippen LogP contribution is -2.10. The van der Waals surface area contributed by atoms with Crippen LogP contribution in [0.15, 0.2) is 48.0 Å². The molecule has 1 aliphatic carbocycles. The lowest BCUT2D eigenvalue weighted by atomic mass is 9.86. The lowest BCUT2D eigenvalue weighted by molar-refractivity contribution is 0.567. The van der Waals surface area contributed by atoms with E-state index in [2.05, 4.69) is 83.2 Å². The molecule has 1 aliphatic rings. The van der Waals surface area contributed by atoms with Crippen LogP contribution in [-0.2, 0) is 11.8 Å². The molecule has 0 radical (unpaired) electrons. The topological polar surface area (TPSA) is 0 Å². The Hall–Kier alpha value is -1.82. The molecule has 2 aromatic rings. The molecule has 0 heteroatoms. The predicted molar refractivity (Wildman–Crippen MR) is 111 cm³/mol. The predicted octanol–water partition coefficient (Wildman–Crippen LogP) is 7.42. The maximum Gasteiger partial charge on any atom is -0.00549 e. The van der Waals surface area contributed by atoms with Gasteiger partial charge < -0.3 is 0 Å². The third-order valence-corrected chi connectivity index (χ3v) is 5.61. The molecule has 0 saturated heterocycles. The molecule has 0 bridgehead atoms. The molecule has 0 spiro atoms. The lowest BCUT2D eigenvalue weighted by Gasteiger charge is -2.19. The van der Waals surface area contributed by atoms with Crippen molar-refractivity contribution in [3.8, 4) is 11.1 Å². The molecule has 2 aromatic carbocycles. The second kappa shape index (κ2) is 7.20. The Kier molecular flexibility index (Phi) is 5.18. The zero-order valence-corrected chi connectivity index (χ0v) is 16.5. The van der Waals surface area contributed by atoms with Crippen LogP contribution in [0.25, 0.3) is 17.2 Å². The second-order valence-corrected chi connectivity index (χ2v) is 8.65. The summed E-state index contributed by atoms with van der Waals surface area (Å²) in [4.78, 5) is 0. The van der Waals surface area contributed by atoms with E-state index in [0.29, 0.717) is 5.92 Å². The van der Waals surface area contributed by atoms with Gasteiger partial charge in [-0.1, -0.05) is 102 Å². The summed E-state index contributed by atoms with van der Waals surface area (Å²) in [6.07, 6.45) is 7.54. The van der Waals surface area contributed by atoms with Gasteiger partial charge in [0.25, 0.3) is 0 Å². The van der Waals surface area contributed by atoms with E-state index >= 15 is 0 Å².